The van der Waals surface area contributed by atoms with Gasteiger partial charge in [-0.25, -0.2) is 9.59 Å². The van der Waals surface area contributed by atoms with E-state index in [1.54, 1.807) is 6.20 Å². The number of pyridine rings is 1. The first kappa shape index (κ1) is 26.5. The average molecular weight is 495 g/mol. The molecule has 0 saturated carbocycles. The number of likely N-dealkylation sites (tertiary alicyclic amines) is 1. The van der Waals surface area contributed by atoms with Crippen molar-refractivity contribution < 1.29 is 29.3 Å². The molecule has 0 spiro atoms. The molecule has 0 bridgehead atoms. The molecule has 0 amide bonds. The van der Waals surface area contributed by atoms with Gasteiger partial charge >= 0.3 is 11.9 Å². The van der Waals surface area contributed by atoms with Crippen molar-refractivity contribution in [3.8, 4) is 11.5 Å². The molecule has 190 valence electrons. The Balaban J connectivity index is 0.000000538. The normalized spacial score (nSPS) is 13.8. The summed E-state index contributed by atoms with van der Waals surface area (Å²) in [5.74, 6) is -1.56. The van der Waals surface area contributed by atoms with E-state index in [2.05, 4.69) is 22.0 Å². The van der Waals surface area contributed by atoms with Gasteiger partial charge in [0.25, 0.3) is 5.56 Å². The van der Waals surface area contributed by atoms with Crippen molar-refractivity contribution in [3.05, 3.63) is 94.4 Å². The van der Waals surface area contributed by atoms with Crippen molar-refractivity contribution in [2.24, 2.45) is 5.92 Å². The van der Waals surface area contributed by atoms with Gasteiger partial charge in [-0.3, -0.25) is 9.69 Å². The lowest BCUT2D eigenvalue weighted by Gasteiger charge is -2.31. The molecular formula is C27H30N2O7. The van der Waals surface area contributed by atoms with Crippen LogP contribution in [0.5, 0.6) is 11.5 Å². The Bertz CT molecular complexity index is 1160. The summed E-state index contributed by atoms with van der Waals surface area (Å²) in [6, 6.07) is 21.8. The van der Waals surface area contributed by atoms with Crippen molar-refractivity contribution in [2.45, 2.75) is 26.0 Å². The molecule has 9 heteroatoms. The highest BCUT2D eigenvalue weighted by molar-refractivity contribution is 6.27. The molecule has 1 aliphatic heterocycles. The Kier molecular flexibility index (Phi) is 10.1. The van der Waals surface area contributed by atoms with Crippen molar-refractivity contribution in [3.63, 3.8) is 0 Å². The number of carbonyl (C=O) groups is 2. The number of piperidine rings is 1. The van der Waals surface area contributed by atoms with Crippen LogP contribution in [0.2, 0.25) is 0 Å². The predicted octanol–water partition coefficient (Wildman–Crippen LogP) is 3.40. The standard InChI is InChI=1S/C25H28N2O3.C2H2O4/c28-25-22(9-6-14-26-25)17-27-15-12-21(13-16-27)19-30-24-11-5-4-10-23(24)29-18-20-7-2-1-3-8-20;3-1(4)2(5)6/h1-11,14,21H,12-13,15-19H2,(H,26,28);(H,3,4)(H,5,6). The number of hydrogen-bond donors (Lipinski definition) is 3. The molecular weight excluding hydrogens is 464 g/mol. The molecule has 1 aromatic heterocycles. The Morgan fingerprint density at radius 3 is 2.08 bits per heavy atom. The molecule has 1 fully saturated rings. The monoisotopic (exact) mass is 494 g/mol. The fourth-order valence-corrected chi connectivity index (χ4v) is 3.76. The molecule has 2 aromatic carbocycles. The predicted molar refractivity (Wildman–Crippen MR) is 133 cm³/mol. The summed E-state index contributed by atoms with van der Waals surface area (Å²) >= 11 is 0. The SMILES string of the molecule is O=C(O)C(=O)O.O=c1[nH]cccc1CN1CCC(COc2ccccc2OCc2ccccc2)CC1. The second-order valence-electron chi connectivity index (χ2n) is 8.39. The number of aliphatic carboxylic acids is 2. The topological polar surface area (TPSA) is 129 Å². The number of para-hydroxylation sites is 2. The van der Waals surface area contributed by atoms with Gasteiger partial charge in [0.05, 0.1) is 6.61 Å². The van der Waals surface area contributed by atoms with E-state index in [-0.39, 0.29) is 5.56 Å². The molecule has 3 aromatic rings. The van der Waals surface area contributed by atoms with E-state index in [9.17, 15) is 4.79 Å². The number of nitrogens with zero attached hydrogens (tertiary/aromatic N) is 1. The molecule has 0 unspecified atom stereocenters. The summed E-state index contributed by atoms with van der Waals surface area (Å²) < 4.78 is 12.1. The lowest BCUT2D eigenvalue weighted by atomic mass is 9.97. The number of aromatic nitrogens is 1. The second kappa shape index (κ2) is 13.7. The van der Waals surface area contributed by atoms with Gasteiger partial charge in [-0.15, -0.1) is 0 Å². The number of hydrogen-bond acceptors (Lipinski definition) is 6. The van der Waals surface area contributed by atoms with Crippen LogP contribution in [0.1, 0.15) is 24.0 Å². The van der Waals surface area contributed by atoms with Crippen molar-refractivity contribution in [1.29, 1.82) is 0 Å². The van der Waals surface area contributed by atoms with E-state index in [4.69, 9.17) is 29.3 Å². The molecule has 0 atom stereocenters. The maximum Gasteiger partial charge on any atom is 0.414 e. The van der Waals surface area contributed by atoms with E-state index in [1.165, 1.54) is 0 Å². The Labute approximate surface area is 208 Å². The van der Waals surface area contributed by atoms with Crippen molar-refractivity contribution in [2.75, 3.05) is 19.7 Å². The number of rotatable bonds is 8. The van der Waals surface area contributed by atoms with E-state index < -0.39 is 11.9 Å². The van der Waals surface area contributed by atoms with Crippen LogP contribution in [-0.2, 0) is 22.7 Å². The third kappa shape index (κ3) is 8.59. The van der Waals surface area contributed by atoms with Gasteiger partial charge in [-0.2, -0.15) is 0 Å². The van der Waals surface area contributed by atoms with Crippen LogP contribution >= 0.6 is 0 Å². The quantitative estimate of drug-likeness (QED) is 0.407. The largest absolute Gasteiger partial charge is 0.489 e. The van der Waals surface area contributed by atoms with Gasteiger partial charge < -0.3 is 24.7 Å². The number of nitrogens with one attached hydrogen (secondary N) is 1. The zero-order valence-electron chi connectivity index (χ0n) is 19.8. The van der Waals surface area contributed by atoms with Crippen LogP contribution in [0.25, 0.3) is 0 Å². The third-order valence-corrected chi connectivity index (χ3v) is 5.74. The minimum atomic E-state index is -1.82. The van der Waals surface area contributed by atoms with E-state index in [1.807, 2.05) is 54.6 Å². The smallest absolute Gasteiger partial charge is 0.414 e. The van der Waals surface area contributed by atoms with E-state index in [0.29, 0.717) is 25.7 Å². The number of ether oxygens (including phenoxy) is 2. The van der Waals surface area contributed by atoms with Gasteiger partial charge in [-0.1, -0.05) is 48.5 Å². The van der Waals surface area contributed by atoms with Crippen molar-refractivity contribution >= 4 is 11.9 Å². The molecule has 1 aliphatic rings. The Morgan fingerprint density at radius 1 is 0.861 bits per heavy atom. The molecule has 2 heterocycles. The Hall–Kier alpha value is -4.11. The highest BCUT2D eigenvalue weighted by Crippen LogP contribution is 2.29. The van der Waals surface area contributed by atoms with Crippen LogP contribution in [0.3, 0.4) is 0 Å². The summed E-state index contributed by atoms with van der Waals surface area (Å²) in [6.07, 6.45) is 3.81. The highest BCUT2D eigenvalue weighted by atomic mass is 16.5. The average Bonchev–Trinajstić information content (AvgIpc) is 2.90. The lowest BCUT2D eigenvalue weighted by Crippen LogP contribution is -2.36. The molecule has 0 aliphatic carbocycles. The Morgan fingerprint density at radius 2 is 1.47 bits per heavy atom. The zero-order chi connectivity index (χ0) is 25.8. The maximum atomic E-state index is 11.9. The molecule has 4 rings (SSSR count). The second-order valence-corrected chi connectivity index (χ2v) is 8.39. The maximum absolute atomic E-state index is 11.9. The minimum Gasteiger partial charge on any atom is -0.489 e. The van der Waals surface area contributed by atoms with E-state index >= 15 is 0 Å². The summed E-state index contributed by atoms with van der Waals surface area (Å²) in [4.78, 5) is 35.2. The number of carboxylic acids is 2. The summed E-state index contributed by atoms with van der Waals surface area (Å²) in [5.41, 5.74) is 1.98. The van der Waals surface area contributed by atoms with Crippen LogP contribution in [0, 0.1) is 5.92 Å². The van der Waals surface area contributed by atoms with Crippen LogP contribution in [0.4, 0.5) is 0 Å². The van der Waals surface area contributed by atoms with Crippen LogP contribution in [-0.4, -0.2) is 51.7 Å². The first-order valence-corrected chi connectivity index (χ1v) is 11.7. The first-order chi connectivity index (χ1) is 17.4. The van der Waals surface area contributed by atoms with Gasteiger partial charge in [0.2, 0.25) is 0 Å². The fraction of sp³-hybridized carbons (Fsp3) is 0.296. The van der Waals surface area contributed by atoms with Gasteiger partial charge in [0, 0.05) is 18.3 Å². The van der Waals surface area contributed by atoms with Gasteiger partial charge in [0.15, 0.2) is 11.5 Å². The van der Waals surface area contributed by atoms with Gasteiger partial charge in [-0.05, 0) is 55.6 Å². The first-order valence-electron chi connectivity index (χ1n) is 11.7. The number of H-pyrrole nitrogens is 1. The fourth-order valence-electron chi connectivity index (χ4n) is 3.76. The molecule has 9 nitrogen and oxygen atoms in total. The molecule has 36 heavy (non-hydrogen) atoms. The molecule has 0 radical (unpaired) electrons. The summed E-state index contributed by atoms with van der Waals surface area (Å²) in [7, 11) is 0. The highest BCUT2D eigenvalue weighted by Gasteiger charge is 2.21. The lowest BCUT2D eigenvalue weighted by molar-refractivity contribution is -0.159. The summed E-state index contributed by atoms with van der Waals surface area (Å²) in [6.45, 7) is 3.88. The molecule has 1 saturated heterocycles. The van der Waals surface area contributed by atoms with E-state index in [0.717, 1.165) is 48.6 Å². The minimum absolute atomic E-state index is 0.00932. The van der Waals surface area contributed by atoms with Crippen LogP contribution in [0.15, 0.2) is 77.7 Å². The third-order valence-electron chi connectivity index (χ3n) is 5.74. The zero-order valence-corrected chi connectivity index (χ0v) is 19.8. The number of carboxylic acid groups (broad SMARTS) is 2. The number of benzene rings is 2. The number of aromatic amines is 1. The van der Waals surface area contributed by atoms with Crippen molar-refractivity contribution in [1.82, 2.24) is 9.88 Å². The van der Waals surface area contributed by atoms with Crippen LogP contribution < -0.4 is 15.0 Å². The summed E-state index contributed by atoms with van der Waals surface area (Å²) in [5, 5.41) is 14.8. The molecule has 3 N–H and O–H groups in total. The van der Waals surface area contributed by atoms with Gasteiger partial charge in [0.1, 0.15) is 6.61 Å².